The largest absolute Gasteiger partial charge is 0.399 e. The van der Waals surface area contributed by atoms with Crippen molar-refractivity contribution < 1.29 is 4.79 Å². The van der Waals surface area contributed by atoms with Crippen molar-refractivity contribution in [2.24, 2.45) is 22.4 Å². The lowest BCUT2D eigenvalue weighted by atomic mass is 9.95. The summed E-state index contributed by atoms with van der Waals surface area (Å²) in [6.45, 7) is 0. The second-order valence-corrected chi connectivity index (χ2v) is 2.99. The van der Waals surface area contributed by atoms with Gasteiger partial charge in [-0.25, -0.2) is 4.99 Å². The van der Waals surface area contributed by atoms with Crippen LogP contribution < -0.4 is 16.8 Å². The first kappa shape index (κ1) is 8.00. The standard InChI is InChI=1S/C8H10N4O/c9-4-1-2-6-5(3-4)7(13)12-8(10)11-6/h1-3,5,8H,9-10H2,(H,12,13)/t5-,8-/m1/s1. The molecule has 0 unspecified atom stereocenters. The molecular weight excluding hydrogens is 168 g/mol. The molecule has 0 fully saturated rings. The van der Waals surface area contributed by atoms with Crippen molar-refractivity contribution in [2.75, 3.05) is 0 Å². The molecule has 5 N–H and O–H groups in total. The molecule has 0 spiro atoms. The van der Waals surface area contributed by atoms with Crippen LogP contribution in [0.2, 0.25) is 0 Å². The van der Waals surface area contributed by atoms with Crippen molar-refractivity contribution in [3.05, 3.63) is 23.9 Å². The molecule has 2 atom stereocenters. The number of amides is 1. The zero-order valence-electron chi connectivity index (χ0n) is 6.90. The van der Waals surface area contributed by atoms with E-state index in [1.165, 1.54) is 0 Å². The second kappa shape index (κ2) is 2.70. The summed E-state index contributed by atoms with van der Waals surface area (Å²) in [6.07, 6.45) is 4.47. The minimum Gasteiger partial charge on any atom is -0.399 e. The van der Waals surface area contributed by atoms with E-state index in [-0.39, 0.29) is 11.8 Å². The van der Waals surface area contributed by atoms with Gasteiger partial charge in [0.15, 0.2) is 6.29 Å². The maximum atomic E-state index is 11.4. The van der Waals surface area contributed by atoms with Crippen LogP contribution in [0, 0.1) is 5.92 Å². The number of allylic oxidation sites excluding steroid dienone is 2. The Hall–Kier alpha value is -1.62. The van der Waals surface area contributed by atoms with E-state index in [1.807, 2.05) is 0 Å². The van der Waals surface area contributed by atoms with Crippen LogP contribution in [0.15, 0.2) is 28.9 Å². The van der Waals surface area contributed by atoms with E-state index in [0.29, 0.717) is 11.4 Å². The van der Waals surface area contributed by atoms with E-state index in [2.05, 4.69) is 10.3 Å². The van der Waals surface area contributed by atoms with E-state index in [9.17, 15) is 4.79 Å². The average Bonchev–Trinajstić information content (AvgIpc) is 2.06. The van der Waals surface area contributed by atoms with Crippen molar-refractivity contribution in [3.63, 3.8) is 0 Å². The zero-order chi connectivity index (χ0) is 9.42. The summed E-state index contributed by atoms with van der Waals surface area (Å²) in [6, 6.07) is 0. The number of rotatable bonds is 0. The van der Waals surface area contributed by atoms with Gasteiger partial charge < -0.3 is 11.1 Å². The Kier molecular flexibility index (Phi) is 1.66. The van der Waals surface area contributed by atoms with Crippen LogP contribution >= 0.6 is 0 Å². The number of carbonyl (C=O) groups is 1. The quantitative estimate of drug-likeness (QED) is 0.436. The third kappa shape index (κ3) is 1.33. The highest BCUT2D eigenvalue weighted by Crippen LogP contribution is 2.15. The number of hydrogen-bond acceptors (Lipinski definition) is 4. The predicted molar refractivity (Wildman–Crippen MR) is 48.5 cm³/mol. The van der Waals surface area contributed by atoms with Crippen molar-refractivity contribution in [3.8, 4) is 0 Å². The Balaban J connectivity index is 2.38. The summed E-state index contributed by atoms with van der Waals surface area (Å²) in [5.74, 6) is -0.519. The molecular formula is C8H10N4O. The van der Waals surface area contributed by atoms with Gasteiger partial charge in [-0.1, -0.05) is 0 Å². The summed E-state index contributed by atoms with van der Waals surface area (Å²) in [4.78, 5) is 15.4. The minimum absolute atomic E-state index is 0.148. The van der Waals surface area contributed by atoms with Crippen molar-refractivity contribution >= 4 is 11.6 Å². The summed E-state index contributed by atoms with van der Waals surface area (Å²) in [5, 5.41) is 2.52. The van der Waals surface area contributed by atoms with Gasteiger partial charge >= 0.3 is 0 Å². The van der Waals surface area contributed by atoms with Crippen LogP contribution in [0.5, 0.6) is 0 Å². The maximum absolute atomic E-state index is 11.4. The van der Waals surface area contributed by atoms with Gasteiger partial charge in [0, 0.05) is 5.70 Å². The van der Waals surface area contributed by atoms with E-state index in [4.69, 9.17) is 11.5 Å². The minimum atomic E-state index is -0.629. The fourth-order valence-electron chi connectivity index (χ4n) is 1.38. The van der Waals surface area contributed by atoms with Gasteiger partial charge in [-0.2, -0.15) is 0 Å². The predicted octanol–water partition coefficient (Wildman–Crippen LogP) is -1.17. The van der Waals surface area contributed by atoms with E-state index < -0.39 is 6.29 Å². The second-order valence-electron chi connectivity index (χ2n) is 2.99. The molecule has 0 saturated carbocycles. The Morgan fingerprint density at radius 1 is 1.46 bits per heavy atom. The SMILES string of the molecule is NC1=C[C@H]2C(=O)N[C@H](N)N=C2C=C1. The number of fused-ring (bicyclic) bond motifs is 1. The normalized spacial score (nSPS) is 31.6. The summed E-state index contributed by atoms with van der Waals surface area (Å²) < 4.78 is 0. The van der Waals surface area contributed by atoms with Crippen LogP contribution in [-0.2, 0) is 4.79 Å². The van der Waals surface area contributed by atoms with E-state index in [0.717, 1.165) is 0 Å². The fraction of sp³-hybridized carbons (Fsp3) is 0.250. The van der Waals surface area contributed by atoms with Crippen LogP contribution in [0.1, 0.15) is 0 Å². The number of nitrogens with zero attached hydrogens (tertiary/aromatic N) is 1. The van der Waals surface area contributed by atoms with Gasteiger partial charge in [0.05, 0.1) is 5.71 Å². The molecule has 0 radical (unpaired) electrons. The van der Waals surface area contributed by atoms with E-state index in [1.54, 1.807) is 18.2 Å². The molecule has 0 aromatic carbocycles. The van der Waals surface area contributed by atoms with Gasteiger partial charge in [-0.05, 0) is 18.2 Å². The number of aliphatic imine (C=N–C) groups is 1. The fourth-order valence-corrected chi connectivity index (χ4v) is 1.38. The lowest BCUT2D eigenvalue weighted by Gasteiger charge is -2.24. The molecule has 1 amide bonds. The highest BCUT2D eigenvalue weighted by molar-refractivity contribution is 6.13. The molecule has 0 bridgehead atoms. The Morgan fingerprint density at radius 2 is 2.23 bits per heavy atom. The van der Waals surface area contributed by atoms with E-state index >= 15 is 0 Å². The summed E-state index contributed by atoms with van der Waals surface area (Å²) >= 11 is 0. The Morgan fingerprint density at radius 3 is 3.00 bits per heavy atom. The molecule has 0 saturated heterocycles. The van der Waals surface area contributed by atoms with Gasteiger partial charge in [-0.3, -0.25) is 10.5 Å². The van der Waals surface area contributed by atoms with Gasteiger partial charge in [0.2, 0.25) is 5.91 Å². The number of nitrogens with one attached hydrogen (secondary N) is 1. The molecule has 5 nitrogen and oxygen atoms in total. The topological polar surface area (TPSA) is 93.5 Å². The molecule has 0 aromatic rings. The first-order chi connectivity index (χ1) is 6.16. The van der Waals surface area contributed by atoms with Crippen molar-refractivity contribution in [2.45, 2.75) is 6.29 Å². The van der Waals surface area contributed by atoms with Gasteiger partial charge in [0.1, 0.15) is 5.92 Å². The average molecular weight is 178 g/mol. The molecule has 2 aliphatic rings. The first-order valence-electron chi connectivity index (χ1n) is 3.96. The highest BCUT2D eigenvalue weighted by atomic mass is 16.2. The molecule has 2 rings (SSSR count). The smallest absolute Gasteiger partial charge is 0.235 e. The number of nitrogens with two attached hydrogens (primary N) is 2. The summed E-state index contributed by atoms with van der Waals surface area (Å²) in [7, 11) is 0. The molecule has 5 heteroatoms. The number of hydrogen-bond donors (Lipinski definition) is 3. The Labute approximate surface area is 75.2 Å². The molecule has 1 aliphatic carbocycles. The van der Waals surface area contributed by atoms with Crippen LogP contribution in [0.3, 0.4) is 0 Å². The zero-order valence-corrected chi connectivity index (χ0v) is 6.90. The van der Waals surface area contributed by atoms with Crippen molar-refractivity contribution in [1.82, 2.24) is 5.32 Å². The van der Waals surface area contributed by atoms with Crippen LogP contribution in [0.25, 0.3) is 0 Å². The monoisotopic (exact) mass is 178 g/mol. The van der Waals surface area contributed by atoms with Crippen molar-refractivity contribution in [1.29, 1.82) is 0 Å². The molecule has 13 heavy (non-hydrogen) atoms. The molecule has 1 aliphatic heterocycles. The van der Waals surface area contributed by atoms with Gasteiger partial charge in [0.25, 0.3) is 0 Å². The Bertz CT molecular complexity index is 342. The number of carbonyl (C=O) groups excluding carboxylic acids is 1. The van der Waals surface area contributed by atoms with Gasteiger partial charge in [-0.15, -0.1) is 0 Å². The third-order valence-electron chi connectivity index (χ3n) is 1.99. The molecule has 0 aromatic heterocycles. The summed E-state index contributed by atoms with van der Waals surface area (Å²) in [5.41, 5.74) is 12.3. The lowest BCUT2D eigenvalue weighted by molar-refractivity contribution is -0.123. The maximum Gasteiger partial charge on any atom is 0.235 e. The van der Waals surface area contributed by atoms with Crippen LogP contribution in [0.4, 0.5) is 0 Å². The molecule has 68 valence electrons. The molecule has 1 heterocycles. The third-order valence-corrected chi connectivity index (χ3v) is 1.99. The first-order valence-corrected chi connectivity index (χ1v) is 3.96. The highest BCUT2D eigenvalue weighted by Gasteiger charge is 2.28. The lowest BCUT2D eigenvalue weighted by Crippen LogP contribution is -2.49. The van der Waals surface area contributed by atoms with Crippen LogP contribution in [-0.4, -0.2) is 17.9 Å².